The predicted octanol–water partition coefficient (Wildman–Crippen LogP) is 2.41. The lowest BCUT2D eigenvalue weighted by Crippen LogP contribution is -1.83. The maximum absolute atomic E-state index is 13.0. The van der Waals surface area contributed by atoms with Crippen molar-refractivity contribution in [3.8, 4) is 0 Å². The molecule has 0 saturated carbocycles. The summed E-state index contributed by atoms with van der Waals surface area (Å²) in [6, 6.07) is 3.10. The lowest BCUT2D eigenvalue weighted by atomic mass is 10.1. The number of carbonyl (C=O) groups excluding carboxylic acids is 1. The molecule has 0 saturated heterocycles. The minimum atomic E-state index is -0.476. The molecule has 0 bridgehead atoms. The van der Waals surface area contributed by atoms with Crippen LogP contribution in [0.2, 0.25) is 0 Å². The fourth-order valence-corrected chi connectivity index (χ4v) is 1.10. The smallest absolute Gasteiger partial charge is 0.211 e. The van der Waals surface area contributed by atoms with Crippen molar-refractivity contribution >= 4 is 11.8 Å². The van der Waals surface area contributed by atoms with E-state index in [0.29, 0.717) is 5.56 Å². The summed E-state index contributed by atoms with van der Waals surface area (Å²) in [5, 5.41) is 0. The maximum atomic E-state index is 13.0. The molecule has 3 heteroatoms. The fraction of sp³-hybridized carbons (Fsp3) is 0.222. The highest BCUT2D eigenvalue weighted by molar-refractivity contribution is 5.55. The maximum Gasteiger partial charge on any atom is 0.240 e. The van der Waals surface area contributed by atoms with Gasteiger partial charge in [0.15, 0.2) is 0 Å². The number of halogens is 1. The first kappa shape index (κ1) is 8.62. The van der Waals surface area contributed by atoms with Gasteiger partial charge in [-0.1, -0.05) is 6.07 Å². The lowest BCUT2D eigenvalue weighted by Gasteiger charge is -2.00. The molecule has 1 aromatic carbocycles. The van der Waals surface area contributed by atoms with Crippen LogP contribution in [0.1, 0.15) is 11.1 Å². The van der Waals surface area contributed by atoms with Crippen molar-refractivity contribution in [2.24, 2.45) is 4.99 Å². The zero-order chi connectivity index (χ0) is 9.14. The highest BCUT2D eigenvalue weighted by Gasteiger charge is 2.04. The Morgan fingerprint density at radius 1 is 1.42 bits per heavy atom. The van der Waals surface area contributed by atoms with E-state index in [4.69, 9.17) is 0 Å². The summed E-state index contributed by atoms with van der Waals surface area (Å²) in [5.74, 6) is -0.476. The molecule has 1 rings (SSSR count). The van der Waals surface area contributed by atoms with Gasteiger partial charge in [-0.2, -0.15) is 4.99 Å². The summed E-state index contributed by atoms with van der Waals surface area (Å²) in [4.78, 5) is 13.2. The third-order valence-electron chi connectivity index (χ3n) is 1.56. The summed E-state index contributed by atoms with van der Waals surface area (Å²) >= 11 is 0. The van der Waals surface area contributed by atoms with E-state index in [2.05, 4.69) is 4.99 Å². The second-order valence-corrected chi connectivity index (χ2v) is 2.62. The molecule has 1 aromatic rings. The Morgan fingerprint density at radius 3 is 2.58 bits per heavy atom. The van der Waals surface area contributed by atoms with Crippen LogP contribution in [0.5, 0.6) is 0 Å². The van der Waals surface area contributed by atoms with E-state index in [-0.39, 0.29) is 5.69 Å². The van der Waals surface area contributed by atoms with Gasteiger partial charge >= 0.3 is 0 Å². The van der Waals surface area contributed by atoms with Crippen LogP contribution < -0.4 is 0 Å². The third kappa shape index (κ3) is 1.57. The van der Waals surface area contributed by atoms with Crippen LogP contribution in [-0.2, 0) is 4.79 Å². The Hall–Kier alpha value is -1.47. The van der Waals surface area contributed by atoms with Gasteiger partial charge in [0.2, 0.25) is 6.08 Å². The van der Waals surface area contributed by atoms with Crippen molar-refractivity contribution in [1.29, 1.82) is 0 Å². The minimum absolute atomic E-state index is 0.0793. The average molecular weight is 165 g/mol. The summed E-state index contributed by atoms with van der Waals surface area (Å²) < 4.78 is 13.0. The molecule has 0 atom stereocenters. The van der Waals surface area contributed by atoms with E-state index in [1.54, 1.807) is 19.9 Å². The molecule has 0 spiro atoms. The zero-order valence-corrected chi connectivity index (χ0v) is 6.89. The molecular weight excluding hydrogens is 157 g/mol. The van der Waals surface area contributed by atoms with Crippen LogP contribution in [0.4, 0.5) is 10.1 Å². The molecule has 0 aliphatic rings. The molecule has 0 heterocycles. The Kier molecular flexibility index (Phi) is 2.36. The van der Waals surface area contributed by atoms with Crippen LogP contribution in [0.15, 0.2) is 17.1 Å². The van der Waals surface area contributed by atoms with Gasteiger partial charge in [0.05, 0.1) is 0 Å². The van der Waals surface area contributed by atoms with Crippen LogP contribution in [0.3, 0.4) is 0 Å². The van der Waals surface area contributed by atoms with Gasteiger partial charge in [-0.05, 0) is 31.0 Å². The average Bonchev–Trinajstić information content (AvgIpc) is 1.96. The molecule has 0 aliphatic carbocycles. The molecule has 0 N–H and O–H groups in total. The van der Waals surface area contributed by atoms with Gasteiger partial charge in [0, 0.05) is 0 Å². The number of aryl methyl sites for hydroxylation is 2. The predicted molar refractivity (Wildman–Crippen MR) is 43.7 cm³/mol. The lowest BCUT2D eigenvalue weighted by molar-refractivity contribution is 0.564. The van der Waals surface area contributed by atoms with Crippen LogP contribution in [0, 0.1) is 19.7 Å². The van der Waals surface area contributed by atoms with Crippen LogP contribution in [0.25, 0.3) is 0 Å². The van der Waals surface area contributed by atoms with E-state index < -0.39 is 5.82 Å². The minimum Gasteiger partial charge on any atom is -0.211 e. The zero-order valence-electron chi connectivity index (χ0n) is 6.89. The van der Waals surface area contributed by atoms with Crippen molar-refractivity contribution < 1.29 is 9.18 Å². The first-order valence-electron chi connectivity index (χ1n) is 3.50. The summed E-state index contributed by atoms with van der Waals surface area (Å²) in [5.41, 5.74) is 1.54. The topological polar surface area (TPSA) is 29.4 Å². The molecule has 0 amide bonds. The fourth-order valence-electron chi connectivity index (χ4n) is 1.10. The number of hydrogen-bond donors (Lipinski definition) is 0. The molecular formula is C9H8FNO. The summed E-state index contributed by atoms with van der Waals surface area (Å²) in [7, 11) is 0. The number of nitrogens with zero attached hydrogens (tertiary/aromatic N) is 1. The summed E-state index contributed by atoms with van der Waals surface area (Å²) in [6.45, 7) is 3.48. The quantitative estimate of drug-likeness (QED) is 0.464. The Morgan fingerprint density at radius 2 is 2.08 bits per heavy atom. The Bertz CT molecular complexity index is 331. The Balaban J connectivity index is 3.37. The first-order chi connectivity index (χ1) is 5.65. The van der Waals surface area contributed by atoms with Crippen molar-refractivity contribution in [3.05, 3.63) is 29.1 Å². The van der Waals surface area contributed by atoms with Crippen LogP contribution >= 0.6 is 0 Å². The van der Waals surface area contributed by atoms with Crippen LogP contribution in [-0.4, -0.2) is 6.08 Å². The van der Waals surface area contributed by atoms with Gasteiger partial charge < -0.3 is 0 Å². The van der Waals surface area contributed by atoms with E-state index >= 15 is 0 Å². The normalized spacial score (nSPS) is 9.25. The van der Waals surface area contributed by atoms with Gasteiger partial charge in [0.25, 0.3) is 0 Å². The van der Waals surface area contributed by atoms with Crippen molar-refractivity contribution in [3.63, 3.8) is 0 Å². The van der Waals surface area contributed by atoms with E-state index in [1.807, 2.05) is 0 Å². The van der Waals surface area contributed by atoms with Crippen molar-refractivity contribution in [1.82, 2.24) is 0 Å². The monoisotopic (exact) mass is 165 g/mol. The van der Waals surface area contributed by atoms with Crippen molar-refractivity contribution in [2.45, 2.75) is 13.8 Å². The van der Waals surface area contributed by atoms with Gasteiger partial charge in [-0.25, -0.2) is 9.18 Å². The highest BCUT2D eigenvalue weighted by atomic mass is 19.1. The second kappa shape index (κ2) is 3.28. The van der Waals surface area contributed by atoms with Crippen molar-refractivity contribution in [2.75, 3.05) is 0 Å². The number of isocyanates is 1. The summed E-state index contributed by atoms with van der Waals surface area (Å²) in [6.07, 6.45) is 1.32. The Labute approximate surface area is 69.7 Å². The molecule has 0 aliphatic heterocycles. The molecule has 0 aromatic heterocycles. The SMILES string of the molecule is Cc1cc(C)c(N=C=O)c(F)c1. The standard InChI is InChI=1S/C9H8FNO/c1-6-3-7(2)9(11-5-12)8(10)4-6/h3-4H,1-2H3. The third-order valence-corrected chi connectivity index (χ3v) is 1.56. The number of hydrogen-bond acceptors (Lipinski definition) is 2. The molecule has 62 valence electrons. The van der Waals surface area contributed by atoms with Gasteiger partial charge in [0.1, 0.15) is 11.5 Å². The molecule has 0 fully saturated rings. The van der Waals surface area contributed by atoms with Gasteiger partial charge in [-0.15, -0.1) is 0 Å². The number of aliphatic imine (C=N–C) groups is 1. The molecule has 12 heavy (non-hydrogen) atoms. The molecule has 0 radical (unpaired) electrons. The van der Waals surface area contributed by atoms with E-state index in [0.717, 1.165) is 5.56 Å². The van der Waals surface area contributed by atoms with E-state index in [1.165, 1.54) is 12.1 Å². The van der Waals surface area contributed by atoms with E-state index in [9.17, 15) is 9.18 Å². The number of rotatable bonds is 1. The largest absolute Gasteiger partial charge is 0.240 e. The number of benzene rings is 1. The molecule has 0 unspecified atom stereocenters. The van der Waals surface area contributed by atoms with Gasteiger partial charge in [-0.3, -0.25) is 0 Å². The highest BCUT2D eigenvalue weighted by Crippen LogP contribution is 2.23. The first-order valence-corrected chi connectivity index (χ1v) is 3.50. The second-order valence-electron chi connectivity index (χ2n) is 2.62. The molecule has 2 nitrogen and oxygen atoms in total.